The standard InChI is InChI=1S/C20H22N2O11S4/c21-14-2-4-18(20(10-14)35(26,27)7-8-36(28,29)30)22-15-3-1-13-9-16(34(24,25)6-5-23)12-19(17(13)11-15)37(31,32)33/h1-4,9-12,22-23H,5-8,21H2,(H,28,29,30)(H,31,32,33). The average Bonchev–Trinajstić information content (AvgIpc) is 2.77. The van der Waals surface area contributed by atoms with Crippen LogP contribution in [0.4, 0.5) is 17.1 Å². The summed E-state index contributed by atoms with van der Waals surface area (Å²) in [5.41, 5.74) is 5.80. The van der Waals surface area contributed by atoms with Gasteiger partial charge >= 0.3 is 0 Å². The first kappa shape index (κ1) is 28.8. The number of nitrogens with one attached hydrogen (secondary N) is 1. The minimum Gasteiger partial charge on any atom is -0.399 e. The fourth-order valence-electron chi connectivity index (χ4n) is 3.39. The third-order valence-electron chi connectivity index (χ3n) is 5.12. The molecule has 0 amide bonds. The van der Waals surface area contributed by atoms with Crippen LogP contribution in [-0.4, -0.2) is 71.7 Å². The van der Waals surface area contributed by atoms with Crippen molar-refractivity contribution in [1.82, 2.24) is 0 Å². The van der Waals surface area contributed by atoms with Crippen molar-refractivity contribution in [3.63, 3.8) is 0 Å². The van der Waals surface area contributed by atoms with E-state index in [0.717, 1.165) is 18.2 Å². The second-order valence-electron chi connectivity index (χ2n) is 7.86. The van der Waals surface area contributed by atoms with Gasteiger partial charge < -0.3 is 16.2 Å². The van der Waals surface area contributed by atoms with Crippen LogP contribution in [0.2, 0.25) is 0 Å². The van der Waals surface area contributed by atoms with Crippen LogP contribution in [-0.2, 0) is 39.9 Å². The highest BCUT2D eigenvalue weighted by Gasteiger charge is 2.24. The van der Waals surface area contributed by atoms with E-state index in [0.29, 0.717) is 0 Å². The molecular weight excluding hydrogens is 572 g/mol. The van der Waals surface area contributed by atoms with Gasteiger partial charge in [-0.05, 0) is 47.9 Å². The van der Waals surface area contributed by atoms with Crippen molar-refractivity contribution in [2.45, 2.75) is 14.7 Å². The van der Waals surface area contributed by atoms with Crippen molar-refractivity contribution in [2.75, 3.05) is 34.9 Å². The van der Waals surface area contributed by atoms with E-state index in [1.807, 2.05) is 0 Å². The highest BCUT2D eigenvalue weighted by atomic mass is 32.2. The maximum Gasteiger partial charge on any atom is 0.295 e. The van der Waals surface area contributed by atoms with Gasteiger partial charge in [-0.2, -0.15) is 16.8 Å². The van der Waals surface area contributed by atoms with Crippen LogP contribution in [0.15, 0.2) is 63.2 Å². The minimum absolute atomic E-state index is 0.0415. The summed E-state index contributed by atoms with van der Waals surface area (Å²) < 4.78 is 115. The molecule has 17 heteroatoms. The number of nitrogens with two attached hydrogens (primary N) is 1. The normalized spacial score (nSPS) is 13.1. The summed E-state index contributed by atoms with van der Waals surface area (Å²) >= 11 is 0. The Morgan fingerprint density at radius 1 is 0.730 bits per heavy atom. The van der Waals surface area contributed by atoms with Gasteiger partial charge in [0.2, 0.25) is 0 Å². The molecule has 0 aliphatic heterocycles. The van der Waals surface area contributed by atoms with Crippen LogP contribution in [0.5, 0.6) is 0 Å². The molecule has 0 aromatic heterocycles. The molecule has 0 saturated carbocycles. The predicted octanol–water partition coefficient (Wildman–Crippen LogP) is 0.840. The Hall–Kier alpha value is -2.80. The number of hydrogen-bond acceptors (Lipinski definition) is 11. The van der Waals surface area contributed by atoms with Gasteiger partial charge in [-0.1, -0.05) is 6.07 Å². The summed E-state index contributed by atoms with van der Waals surface area (Å²) in [6.45, 7) is -0.707. The Bertz CT molecular complexity index is 1800. The van der Waals surface area contributed by atoms with Crippen LogP contribution in [0.1, 0.15) is 0 Å². The van der Waals surface area contributed by atoms with Crippen molar-refractivity contribution in [3.8, 4) is 0 Å². The molecule has 3 aromatic rings. The van der Waals surface area contributed by atoms with Crippen LogP contribution in [0, 0.1) is 0 Å². The second-order valence-corrected chi connectivity index (χ2v) is 15.0. The van der Waals surface area contributed by atoms with Crippen LogP contribution in [0.25, 0.3) is 10.8 Å². The van der Waals surface area contributed by atoms with E-state index in [2.05, 4.69) is 5.32 Å². The summed E-state index contributed by atoms with van der Waals surface area (Å²) in [6.07, 6.45) is 0. The topological polar surface area (TPSA) is 235 Å². The lowest BCUT2D eigenvalue weighted by molar-refractivity contribution is 0.319. The Morgan fingerprint density at radius 3 is 2.00 bits per heavy atom. The number of rotatable bonds is 10. The molecule has 0 fully saturated rings. The first-order chi connectivity index (χ1) is 16.9. The summed E-state index contributed by atoms with van der Waals surface area (Å²) in [4.78, 5) is -1.56. The van der Waals surface area contributed by atoms with E-state index in [1.165, 1.54) is 30.3 Å². The van der Waals surface area contributed by atoms with Crippen molar-refractivity contribution in [3.05, 3.63) is 48.5 Å². The molecule has 6 N–H and O–H groups in total. The molecule has 3 rings (SSSR count). The SMILES string of the molecule is Nc1ccc(Nc2ccc3cc(S(=O)(=O)CCO)cc(S(=O)(=O)O)c3c2)c(S(=O)(=O)CCS(=O)(=O)O)c1. The van der Waals surface area contributed by atoms with Gasteiger partial charge in [-0.15, -0.1) is 0 Å². The van der Waals surface area contributed by atoms with Crippen molar-refractivity contribution in [1.29, 1.82) is 0 Å². The molecule has 0 saturated heterocycles. The summed E-state index contributed by atoms with van der Waals surface area (Å²) in [5, 5.41) is 11.8. The van der Waals surface area contributed by atoms with Gasteiger partial charge in [0.25, 0.3) is 20.2 Å². The second kappa shape index (κ2) is 10.2. The van der Waals surface area contributed by atoms with E-state index in [-0.39, 0.29) is 27.8 Å². The Balaban J connectivity index is 2.14. The van der Waals surface area contributed by atoms with Crippen LogP contribution >= 0.6 is 0 Å². The van der Waals surface area contributed by atoms with Crippen molar-refractivity contribution < 1.29 is 47.9 Å². The highest BCUT2D eigenvalue weighted by Crippen LogP contribution is 2.33. The van der Waals surface area contributed by atoms with E-state index < -0.39 is 78.5 Å². The fourth-order valence-corrected chi connectivity index (χ4v) is 7.98. The quantitative estimate of drug-likeness (QED) is 0.162. The van der Waals surface area contributed by atoms with Crippen LogP contribution < -0.4 is 11.1 Å². The Kier molecular flexibility index (Phi) is 7.90. The molecule has 0 aliphatic rings. The minimum atomic E-state index is -4.92. The average molecular weight is 595 g/mol. The molecule has 0 heterocycles. The fraction of sp³-hybridized carbons (Fsp3) is 0.200. The van der Waals surface area contributed by atoms with E-state index in [1.54, 1.807) is 0 Å². The summed E-state index contributed by atoms with van der Waals surface area (Å²) in [5.74, 6) is -2.67. The van der Waals surface area contributed by atoms with Gasteiger partial charge in [-0.25, -0.2) is 16.8 Å². The zero-order valence-corrected chi connectivity index (χ0v) is 22.0. The number of aliphatic hydroxyl groups is 1. The third kappa shape index (κ3) is 6.95. The van der Waals surface area contributed by atoms with E-state index in [4.69, 9.17) is 15.4 Å². The number of benzene rings is 3. The molecule has 3 aromatic carbocycles. The number of anilines is 3. The van der Waals surface area contributed by atoms with Gasteiger partial charge in [0, 0.05) is 16.8 Å². The zero-order valence-electron chi connectivity index (χ0n) is 18.8. The maximum absolute atomic E-state index is 12.8. The molecule has 0 unspecified atom stereocenters. The lowest BCUT2D eigenvalue weighted by Gasteiger charge is -2.15. The molecule has 0 bridgehead atoms. The van der Waals surface area contributed by atoms with E-state index >= 15 is 0 Å². The van der Waals surface area contributed by atoms with E-state index in [9.17, 15) is 38.2 Å². The number of nitrogen functional groups attached to an aromatic ring is 1. The molecule has 13 nitrogen and oxygen atoms in total. The number of aliphatic hydroxyl groups excluding tert-OH is 1. The molecule has 0 atom stereocenters. The molecule has 202 valence electrons. The van der Waals surface area contributed by atoms with Gasteiger partial charge in [0.05, 0.1) is 39.3 Å². The molecular formula is C20H22N2O11S4. The number of fused-ring (bicyclic) bond motifs is 1. The smallest absolute Gasteiger partial charge is 0.295 e. The largest absolute Gasteiger partial charge is 0.399 e. The van der Waals surface area contributed by atoms with Gasteiger partial charge in [-0.3, -0.25) is 9.11 Å². The number of hydrogen-bond donors (Lipinski definition) is 5. The van der Waals surface area contributed by atoms with Crippen molar-refractivity contribution in [2.24, 2.45) is 0 Å². The van der Waals surface area contributed by atoms with Gasteiger partial charge in [0.1, 0.15) is 4.90 Å². The zero-order chi connectivity index (χ0) is 27.8. The predicted molar refractivity (Wildman–Crippen MR) is 136 cm³/mol. The van der Waals surface area contributed by atoms with Crippen molar-refractivity contribution >= 4 is 67.7 Å². The highest BCUT2D eigenvalue weighted by molar-refractivity contribution is 7.93. The first-order valence-corrected chi connectivity index (χ1v) is 16.5. The Morgan fingerprint density at radius 2 is 1.41 bits per heavy atom. The monoisotopic (exact) mass is 594 g/mol. The van der Waals surface area contributed by atoms with Crippen LogP contribution in [0.3, 0.4) is 0 Å². The summed E-state index contributed by atoms with van der Waals surface area (Å²) in [7, 11) is -17.8. The Labute approximate surface area is 213 Å². The summed E-state index contributed by atoms with van der Waals surface area (Å²) in [6, 6.07) is 9.56. The lowest BCUT2D eigenvalue weighted by atomic mass is 10.1. The molecule has 0 aliphatic carbocycles. The molecule has 0 spiro atoms. The molecule has 0 radical (unpaired) electrons. The molecule has 37 heavy (non-hydrogen) atoms. The third-order valence-corrected chi connectivity index (χ3v) is 10.4. The number of sulfone groups is 2. The maximum atomic E-state index is 12.8. The lowest BCUT2D eigenvalue weighted by Crippen LogP contribution is -2.18. The first-order valence-electron chi connectivity index (χ1n) is 10.2. The van der Waals surface area contributed by atoms with Gasteiger partial charge in [0.15, 0.2) is 19.7 Å².